The number of phenolic OH excluding ortho intramolecular Hbond substituents is 3. The normalized spacial score (nSPS) is 10.3. The summed E-state index contributed by atoms with van der Waals surface area (Å²) in [4.78, 5) is 21.7. The van der Waals surface area contributed by atoms with Gasteiger partial charge in [0, 0.05) is 0 Å². The fourth-order valence-corrected chi connectivity index (χ4v) is 1.73. The van der Waals surface area contributed by atoms with Gasteiger partial charge in [0.25, 0.3) is 0 Å². The van der Waals surface area contributed by atoms with E-state index >= 15 is 0 Å². The average Bonchev–Trinajstić information content (AvgIpc) is 2.47. The number of hydrogen-bond donors (Lipinski definition) is 6. The van der Waals surface area contributed by atoms with E-state index in [0.717, 1.165) is 24.3 Å². The van der Waals surface area contributed by atoms with E-state index in [1.54, 1.807) is 0 Å². The average molecular weight is 322 g/mol. The molecule has 0 aromatic heterocycles. The van der Waals surface area contributed by atoms with E-state index in [1.807, 2.05) is 0 Å². The monoisotopic (exact) mass is 322 g/mol. The van der Waals surface area contributed by atoms with Crippen molar-refractivity contribution in [3.05, 3.63) is 35.4 Å². The zero-order valence-corrected chi connectivity index (χ0v) is 11.2. The van der Waals surface area contributed by atoms with Crippen molar-refractivity contribution in [2.45, 2.75) is 0 Å². The van der Waals surface area contributed by atoms with Crippen LogP contribution < -0.4 is 4.74 Å². The lowest BCUT2D eigenvalue weighted by Crippen LogP contribution is -1.99. The highest BCUT2D eigenvalue weighted by molar-refractivity contribution is 5.92. The third-order valence-corrected chi connectivity index (χ3v) is 2.87. The van der Waals surface area contributed by atoms with Gasteiger partial charge >= 0.3 is 11.9 Å². The quantitative estimate of drug-likeness (QED) is 0.459. The summed E-state index contributed by atoms with van der Waals surface area (Å²) in [6.07, 6.45) is 0. The van der Waals surface area contributed by atoms with Crippen molar-refractivity contribution in [2.24, 2.45) is 0 Å². The van der Waals surface area contributed by atoms with Gasteiger partial charge in [-0.25, -0.2) is 9.59 Å². The van der Waals surface area contributed by atoms with Crippen molar-refractivity contribution in [1.82, 2.24) is 0 Å². The van der Waals surface area contributed by atoms with Gasteiger partial charge in [-0.1, -0.05) is 0 Å². The number of hydrogen-bond acceptors (Lipinski definition) is 7. The fourth-order valence-electron chi connectivity index (χ4n) is 1.73. The molecule has 0 bridgehead atoms. The summed E-state index contributed by atoms with van der Waals surface area (Å²) in [5.41, 5.74) is -0.984. The Balaban J connectivity index is 2.50. The number of carbonyl (C=O) groups is 2. The molecule has 0 atom stereocenters. The van der Waals surface area contributed by atoms with Crippen LogP contribution in [0.15, 0.2) is 24.3 Å². The van der Waals surface area contributed by atoms with Crippen LogP contribution in [0.4, 0.5) is 0 Å². The molecule has 0 spiro atoms. The molecule has 2 aromatic carbocycles. The smallest absolute Gasteiger partial charge is 0.339 e. The van der Waals surface area contributed by atoms with Gasteiger partial charge in [-0.05, 0) is 24.3 Å². The number of benzene rings is 2. The lowest BCUT2D eigenvalue weighted by atomic mass is 10.1. The molecule has 2 rings (SSSR count). The molecule has 0 fully saturated rings. The van der Waals surface area contributed by atoms with Crippen molar-refractivity contribution in [1.29, 1.82) is 0 Å². The van der Waals surface area contributed by atoms with Crippen LogP contribution in [-0.4, -0.2) is 42.6 Å². The van der Waals surface area contributed by atoms with E-state index < -0.39 is 57.6 Å². The largest absolute Gasteiger partial charge is 0.504 e. The van der Waals surface area contributed by atoms with Crippen molar-refractivity contribution in [2.75, 3.05) is 0 Å². The first-order chi connectivity index (χ1) is 10.7. The van der Waals surface area contributed by atoms with Crippen molar-refractivity contribution < 1.29 is 45.0 Å². The van der Waals surface area contributed by atoms with Gasteiger partial charge in [-0.3, -0.25) is 0 Å². The van der Waals surface area contributed by atoms with Crippen LogP contribution in [0.2, 0.25) is 0 Å². The van der Waals surface area contributed by atoms with Crippen LogP contribution in [0.25, 0.3) is 0 Å². The molecule has 0 unspecified atom stereocenters. The molecule has 0 saturated carbocycles. The van der Waals surface area contributed by atoms with Crippen LogP contribution in [0.1, 0.15) is 20.7 Å². The lowest BCUT2D eigenvalue weighted by molar-refractivity contribution is 0.0683. The molecule has 9 nitrogen and oxygen atoms in total. The minimum atomic E-state index is -1.49. The summed E-state index contributed by atoms with van der Waals surface area (Å²) < 4.78 is 5.05. The molecular formula is C14H10O9. The molecule has 23 heavy (non-hydrogen) atoms. The van der Waals surface area contributed by atoms with E-state index in [1.165, 1.54) is 0 Å². The van der Waals surface area contributed by atoms with Crippen molar-refractivity contribution in [3.63, 3.8) is 0 Å². The summed E-state index contributed by atoms with van der Waals surface area (Å²) in [6, 6.07) is 3.58. The Kier molecular flexibility index (Phi) is 3.86. The molecule has 0 amide bonds. The minimum absolute atomic E-state index is 0.402. The highest BCUT2D eigenvalue weighted by Crippen LogP contribution is 2.44. The number of phenols is 4. The topological polar surface area (TPSA) is 165 Å². The number of carboxylic acid groups (broad SMARTS) is 2. The molecule has 0 radical (unpaired) electrons. The molecular weight excluding hydrogens is 312 g/mol. The first-order valence-corrected chi connectivity index (χ1v) is 5.97. The SMILES string of the molecule is O=C(O)c1cc(O)c(O)c(Oc2ccc(C(=O)O)c(O)c2O)c1. The van der Waals surface area contributed by atoms with Gasteiger partial charge in [-0.2, -0.15) is 0 Å². The van der Waals surface area contributed by atoms with Crippen LogP contribution in [0.5, 0.6) is 34.5 Å². The van der Waals surface area contributed by atoms with Gasteiger partial charge in [0.15, 0.2) is 23.0 Å². The Bertz CT molecular complexity index is 810. The second-order valence-electron chi connectivity index (χ2n) is 4.36. The van der Waals surface area contributed by atoms with Crippen molar-refractivity contribution >= 4 is 11.9 Å². The first kappa shape index (κ1) is 15.8. The Morgan fingerprint density at radius 3 is 2.00 bits per heavy atom. The number of aromatic hydroxyl groups is 4. The van der Waals surface area contributed by atoms with E-state index in [4.69, 9.17) is 14.9 Å². The summed E-state index contributed by atoms with van der Waals surface area (Å²) >= 11 is 0. The van der Waals surface area contributed by atoms with Gasteiger partial charge < -0.3 is 35.4 Å². The number of aromatic carboxylic acids is 2. The zero-order chi connectivity index (χ0) is 17.3. The summed E-state index contributed by atoms with van der Waals surface area (Å²) in [5, 5.41) is 56.1. The van der Waals surface area contributed by atoms with Crippen LogP contribution >= 0.6 is 0 Å². The predicted molar refractivity (Wildman–Crippen MR) is 73.5 cm³/mol. The Hall–Kier alpha value is -3.62. The first-order valence-electron chi connectivity index (χ1n) is 5.97. The highest BCUT2D eigenvalue weighted by Gasteiger charge is 2.20. The molecule has 0 heterocycles. The molecule has 0 saturated heterocycles. The lowest BCUT2D eigenvalue weighted by Gasteiger charge is -2.12. The molecule has 0 aliphatic rings. The second-order valence-corrected chi connectivity index (χ2v) is 4.36. The Morgan fingerprint density at radius 1 is 0.783 bits per heavy atom. The van der Waals surface area contributed by atoms with E-state index in [2.05, 4.69) is 0 Å². The maximum atomic E-state index is 10.9. The maximum absolute atomic E-state index is 10.9. The zero-order valence-electron chi connectivity index (χ0n) is 11.2. The van der Waals surface area contributed by atoms with Gasteiger partial charge in [0.05, 0.1) is 5.56 Å². The summed E-state index contributed by atoms with van der Waals surface area (Å²) in [7, 11) is 0. The number of carboxylic acids is 2. The maximum Gasteiger partial charge on any atom is 0.339 e. The standard InChI is InChI=1S/C14H10O9/c15-7-3-5(13(19)20)4-9(11(7)17)23-8-2-1-6(14(21)22)10(16)12(8)18/h1-4,15-18H,(H,19,20)(H,21,22). The van der Waals surface area contributed by atoms with Crippen LogP contribution in [0.3, 0.4) is 0 Å². The third kappa shape index (κ3) is 2.88. The van der Waals surface area contributed by atoms with Crippen molar-refractivity contribution in [3.8, 4) is 34.5 Å². The van der Waals surface area contributed by atoms with E-state index in [-0.39, 0.29) is 0 Å². The van der Waals surface area contributed by atoms with Crippen LogP contribution in [-0.2, 0) is 0 Å². The Labute approximate surface area is 127 Å². The molecule has 120 valence electrons. The predicted octanol–water partition coefficient (Wildman–Crippen LogP) is 1.70. The molecule has 2 aromatic rings. The summed E-state index contributed by atoms with van der Waals surface area (Å²) in [6.45, 7) is 0. The number of rotatable bonds is 4. The molecule has 0 aliphatic carbocycles. The molecule has 9 heteroatoms. The van der Waals surface area contributed by atoms with Gasteiger partial charge in [-0.15, -0.1) is 0 Å². The minimum Gasteiger partial charge on any atom is -0.504 e. The Morgan fingerprint density at radius 2 is 1.43 bits per heavy atom. The van der Waals surface area contributed by atoms with Gasteiger partial charge in [0.1, 0.15) is 5.56 Å². The van der Waals surface area contributed by atoms with E-state index in [9.17, 15) is 30.0 Å². The molecule has 0 aliphatic heterocycles. The highest BCUT2D eigenvalue weighted by atomic mass is 16.5. The van der Waals surface area contributed by atoms with E-state index in [0.29, 0.717) is 0 Å². The summed E-state index contributed by atoms with van der Waals surface area (Å²) in [5.74, 6) is -7.32. The van der Waals surface area contributed by atoms with Crippen LogP contribution in [0, 0.1) is 0 Å². The fraction of sp³-hybridized carbons (Fsp3) is 0. The van der Waals surface area contributed by atoms with Gasteiger partial charge in [0.2, 0.25) is 11.5 Å². The molecule has 6 N–H and O–H groups in total. The number of ether oxygens (including phenoxy) is 1. The third-order valence-electron chi connectivity index (χ3n) is 2.87. The second kappa shape index (κ2) is 5.64.